The van der Waals surface area contributed by atoms with E-state index in [0.29, 0.717) is 12.6 Å². The molecular formula is C11H23N5OS. The molecule has 18 heavy (non-hydrogen) atoms. The predicted octanol–water partition coefficient (Wildman–Crippen LogP) is 1.28. The van der Waals surface area contributed by atoms with Crippen molar-refractivity contribution in [3.63, 3.8) is 0 Å². The highest BCUT2D eigenvalue weighted by molar-refractivity contribution is 7.98. The molecule has 0 amide bonds. The standard InChI is InChI=1S/C11H23N5OS/c1-5-10(8-18-4)16-11(13-14-15-16)9(2)12-6-7-17-3/h9-10,12H,5-8H2,1-4H3. The van der Waals surface area contributed by atoms with Gasteiger partial charge >= 0.3 is 0 Å². The molecule has 0 radical (unpaired) electrons. The largest absolute Gasteiger partial charge is 0.383 e. The van der Waals surface area contributed by atoms with Crippen LogP contribution in [-0.2, 0) is 4.74 Å². The van der Waals surface area contributed by atoms with Gasteiger partial charge in [-0.25, -0.2) is 4.68 Å². The van der Waals surface area contributed by atoms with Crippen LogP contribution in [0, 0.1) is 0 Å². The third-order valence-electron chi connectivity index (χ3n) is 2.84. The van der Waals surface area contributed by atoms with Gasteiger partial charge in [-0.15, -0.1) is 5.10 Å². The lowest BCUT2D eigenvalue weighted by Gasteiger charge is -2.18. The first-order chi connectivity index (χ1) is 8.74. The zero-order valence-electron chi connectivity index (χ0n) is 11.6. The molecule has 0 saturated carbocycles. The number of rotatable bonds is 9. The number of aromatic nitrogens is 4. The van der Waals surface area contributed by atoms with Crippen LogP contribution in [0.1, 0.15) is 38.2 Å². The Labute approximate surface area is 113 Å². The van der Waals surface area contributed by atoms with Gasteiger partial charge in [0.15, 0.2) is 5.82 Å². The summed E-state index contributed by atoms with van der Waals surface area (Å²) in [6.07, 6.45) is 3.14. The van der Waals surface area contributed by atoms with Gasteiger partial charge in [-0.05, 0) is 30.0 Å². The molecule has 2 unspecified atom stereocenters. The van der Waals surface area contributed by atoms with Gasteiger partial charge in [-0.1, -0.05) is 6.92 Å². The van der Waals surface area contributed by atoms with Crippen LogP contribution in [-0.4, -0.2) is 52.5 Å². The molecule has 0 aromatic carbocycles. The SMILES string of the molecule is CCC(CSC)n1nnnc1C(C)NCCOC. The van der Waals surface area contributed by atoms with Crippen molar-refractivity contribution >= 4 is 11.8 Å². The fourth-order valence-electron chi connectivity index (χ4n) is 1.77. The van der Waals surface area contributed by atoms with Gasteiger partial charge in [0.1, 0.15) is 0 Å². The first-order valence-corrected chi connectivity index (χ1v) is 7.62. The van der Waals surface area contributed by atoms with Crippen molar-refractivity contribution in [3.05, 3.63) is 5.82 Å². The quantitative estimate of drug-likeness (QED) is 0.684. The molecule has 0 aliphatic heterocycles. The van der Waals surface area contributed by atoms with Crippen molar-refractivity contribution in [2.24, 2.45) is 0 Å². The molecule has 0 spiro atoms. The molecule has 1 heterocycles. The Balaban J connectivity index is 2.67. The van der Waals surface area contributed by atoms with Gasteiger partial charge in [0, 0.05) is 19.4 Å². The van der Waals surface area contributed by atoms with Crippen molar-refractivity contribution in [1.29, 1.82) is 0 Å². The molecule has 0 bridgehead atoms. The van der Waals surface area contributed by atoms with Gasteiger partial charge in [0.25, 0.3) is 0 Å². The second-order valence-corrected chi connectivity index (χ2v) is 5.08. The second-order valence-electron chi connectivity index (χ2n) is 4.17. The van der Waals surface area contributed by atoms with E-state index < -0.39 is 0 Å². The maximum Gasteiger partial charge on any atom is 0.168 e. The van der Waals surface area contributed by atoms with Crippen molar-refractivity contribution in [3.8, 4) is 0 Å². The molecule has 1 aromatic heterocycles. The number of hydrogen-bond donors (Lipinski definition) is 1. The zero-order chi connectivity index (χ0) is 13.4. The highest BCUT2D eigenvalue weighted by atomic mass is 32.2. The summed E-state index contributed by atoms with van der Waals surface area (Å²) >= 11 is 1.82. The van der Waals surface area contributed by atoms with Gasteiger partial charge in [0.2, 0.25) is 0 Å². The van der Waals surface area contributed by atoms with Crippen LogP contribution < -0.4 is 5.32 Å². The van der Waals surface area contributed by atoms with Crippen LogP contribution in [0.5, 0.6) is 0 Å². The van der Waals surface area contributed by atoms with E-state index in [2.05, 4.69) is 40.9 Å². The number of nitrogens with zero attached hydrogens (tertiary/aromatic N) is 4. The van der Waals surface area contributed by atoms with E-state index in [1.165, 1.54) is 0 Å². The number of tetrazole rings is 1. The van der Waals surface area contributed by atoms with Crippen LogP contribution in [0.2, 0.25) is 0 Å². The van der Waals surface area contributed by atoms with E-state index in [1.807, 2.05) is 16.4 Å². The van der Waals surface area contributed by atoms with Gasteiger partial charge in [-0.2, -0.15) is 11.8 Å². The smallest absolute Gasteiger partial charge is 0.168 e. The third kappa shape index (κ3) is 4.22. The Morgan fingerprint density at radius 1 is 1.50 bits per heavy atom. The monoisotopic (exact) mass is 273 g/mol. The minimum Gasteiger partial charge on any atom is -0.383 e. The number of ether oxygens (including phenoxy) is 1. The Morgan fingerprint density at radius 2 is 2.28 bits per heavy atom. The topological polar surface area (TPSA) is 64.9 Å². The summed E-state index contributed by atoms with van der Waals surface area (Å²) in [4.78, 5) is 0. The van der Waals surface area contributed by atoms with Crippen LogP contribution in [0.3, 0.4) is 0 Å². The Bertz CT molecular complexity index is 333. The van der Waals surface area contributed by atoms with Crippen LogP contribution in [0.4, 0.5) is 0 Å². The molecule has 7 heteroatoms. The van der Waals surface area contributed by atoms with Gasteiger partial charge in [-0.3, -0.25) is 0 Å². The fourth-order valence-corrected chi connectivity index (χ4v) is 2.53. The van der Waals surface area contributed by atoms with Crippen LogP contribution >= 0.6 is 11.8 Å². The number of methoxy groups -OCH3 is 1. The van der Waals surface area contributed by atoms with Crippen molar-refractivity contribution in [2.45, 2.75) is 32.4 Å². The first-order valence-electron chi connectivity index (χ1n) is 6.23. The maximum absolute atomic E-state index is 5.02. The lowest BCUT2D eigenvalue weighted by Crippen LogP contribution is -2.27. The average molecular weight is 273 g/mol. The lowest BCUT2D eigenvalue weighted by atomic mass is 10.2. The summed E-state index contributed by atoms with van der Waals surface area (Å²) in [5.41, 5.74) is 0. The minimum atomic E-state index is 0.131. The summed E-state index contributed by atoms with van der Waals surface area (Å²) < 4.78 is 6.97. The van der Waals surface area contributed by atoms with E-state index >= 15 is 0 Å². The zero-order valence-corrected chi connectivity index (χ0v) is 12.4. The Kier molecular flexibility index (Phi) is 7.22. The molecule has 0 aliphatic carbocycles. The molecule has 0 saturated heterocycles. The summed E-state index contributed by atoms with van der Waals surface area (Å²) in [6.45, 7) is 5.72. The second kappa shape index (κ2) is 8.44. The summed E-state index contributed by atoms with van der Waals surface area (Å²) in [6, 6.07) is 0.489. The Hall–Kier alpha value is -0.660. The highest BCUT2D eigenvalue weighted by Crippen LogP contribution is 2.19. The Morgan fingerprint density at radius 3 is 2.89 bits per heavy atom. The summed E-state index contributed by atoms with van der Waals surface area (Å²) in [7, 11) is 1.70. The molecular weight excluding hydrogens is 250 g/mol. The van der Waals surface area contributed by atoms with E-state index in [0.717, 1.165) is 24.5 Å². The number of hydrogen-bond acceptors (Lipinski definition) is 6. The van der Waals surface area contributed by atoms with Crippen molar-refractivity contribution < 1.29 is 4.74 Å². The van der Waals surface area contributed by atoms with Gasteiger partial charge < -0.3 is 10.1 Å². The lowest BCUT2D eigenvalue weighted by molar-refractivity contribution is 0.195. The van der Waals surface area contributed by atoms with E-state index in [-0.39, 0.29) is 6.04 Å². The van der Waals surface area contributed by atoms with E-state index in [4.69, 9.17) is 4.74 Å². The molecule has 1 N–H and O–H groups in total. The fraction of sp³-hybridized carbons (Fsp3) is 0.909. The maximum atomic E-state index is 5.02. The first kappa shape index (κ1) is 15.4. The van der Waals surface area contributed by atoms with Crippen molar-refractivity contribution in [2.75, 3.05) is 32.3 Å². The minimum absolute atomic E-state index is 0.131. The third-order valence-corrected chi connectivity index (χ3v) is 3.56. The average Bonchev–Trinajstić information content (AvgIpc) is 2.85. The van der Waals surface area contributed by atoms with E-state index in [1.54, 1.807) is 7.11 Å². The van der Waals surface area contributed by atoms with Crippen molar-refractivity contribution in [1.82, 2.24) is 25.5 Å². The molecule has 0 aliphatic rings. The number of nitrogens with one attached hydrogen (secondary N) is 1. The van der Waals surface area contributed by atoms with Crippen LogP contribution in [0.15, 0.2) is 0 Å². The molecule has 1 rings (SSSR count). The summed E-state index contributed by atoms with van der Waals surface area (Å²) in [5.74, 6) is 1.92. The van der Waals surface area contributed by atoms with E-state index in [9.17, 15) is 0 Å². The predicted molar refractivity (Wildman–Crippen MR) is 73.8 cm³/mol. The summed E-state index contributed by atoms with van der Waals surface area (Å²) in [5, 5.41) is 15.4. The number of thioether (sulfide) groups is 1. The molecule has 104 valence electrons. The highest BCUT2D eigenvalue weighted by Gasteiger charge is 2.19. The molecule has 2 atom stereocenters. The molecule has 1 aromatic rings. The van der Waals surface area contributed by atoms with Crippen LogP contribution in [0.25, 0.3) is 0 Å². The molecule has 0 fully saturated rings. The van der Waals surface area contributed by atoms with Gasteiger partial charge in [0.05, 0.1) is 18.7 Å². The normalized spacial score (nSPS) is 14.7. The molecule has 6 nitrogen and oxygen atoms in total.